The van der Waals surface area contributed by atoms with E-state index in [1.807, 2.05) is 12.1 Å². The summed E-state index contributed by atoms with van der Waals surface area (Å²) < 4.78 is 5.00. The number of benzene rings is 1. The summed E-state index contributed by atoms with van der Waals surface area (Å²) in [5.41, 5.74) is 0.770. The average molecular weight is 326 g/mol. The lowest BCUT2D eigenvalue weighted by atomic mass is 10.2. The normalized spacial score (nSPS) is 10.6. The van der Waals surface area contributed by atoms with E-state index in [1.54, 1.807) is 0 Å². The predicted octanol–water partition coefficient (Wildman–Crippen LogP) is 2.94. The number of hydrogen-bond acceptors (Lipinski definition) is 4. The van der Waals surface area contributed by atoms with Crippen LogP contribution in [-0.4, -0.2) is 25.1 Å². The molecule has 0 radical (unpaired) electrons. The first-order chi connectivity index (χ1) is 10.8. The van der Waals surface area contributed by atoms with Crippen molar-refractivity contribution >= 4 is 18.9 Å². The van der Waals surface area contributed by atoms with Crippen LogP contribution >= 0.6 is 0 Å². The molecule has 0 N–H and O–H groups in total. The second-order valence-electron chi connectivity index (χ2n) is 6.06. The van der Waals surface area contributed by atoms with Crippen LogP contribution in [0.1, 0.15) is 11.3 Å². The van der Waals surface area contributed by atoms with Crippen molar-refractivity contribution in [2.75, 3.05) is 7.11 Å². The average Bonchev–Trinajstić information content (AvgIpc) is 2.52. The molecule has 0 aliphatic heterocycles. The fraction of sp³-hybridized carbons (Fsp3) is 0.235. The first-order valence-corrected chi connectivity index (χ1v) is 10.6. The molecule has 0 amide bonds. The molecule has 0 saturated heterocycles. The third-order valence-corrected chi connectivity index (χ3v) is 5.40. The van der Waals surface area contributed by atoms with E-state index < -0.39 is 13.0 Å². The predicted molar refractivity (Wildman–Crippen MR) is 92.8 cm³/mol. The lowest BCUT2D eigenvalue weighted by molar-refractivity contribution is -0.385. The number of nitrogens with zero attached hydrogens (tertiary/aromatic N) is 2. The van der Waals surface area contributed by atoms with Gasteiger partial charge in [-0.1, -0.05) is 42.9 Å². The third-order valence-electron chi connectivity index (χ3n) is 3.33. The lowest BCUT2D eigenvalue weighted by Crippen LogP contribution is -2.37. The highest BCUT2D eigenvalue weighted by Gasteiger charge is 2.16. The van der Waals surface area contributed by atoms with Crippen LogP contribution in [0.15, 0.2) is 36.4 Å². The van der Waals surface area contributed by atoms with Crippen LogP contribution in [0, 0.1) is 22.0 Å². The summed E-state index contributed by atoms with van der Waals surface area (Å²) in [6.07, 6.45) is 0. The molecule has 6 heteroatoms. The van der Waals surface area contributed by atoms with E-state index >= 15 is 0 Å². The van der Waals surface area contributed by atoms with Crippen molar-refractivity contribution in [2.45, 2.75) is 19.6 Å². The largest absolute Gasteiger partial charge is 0.481 e. The number of aromatic nitrogens is 1. The Labute approximate surface area is 136 Å². The topological polar surface area (TPSA) is 65.3 Å². The van der Waals surface area contributed by atoms with E-state index in [1.165, 1.54) is 24.4 Å². The fourth-order valence-corrected chi connectivity index (χ4v) is 3.14. The Morgan fingerprint density at radius 3 is 2.26 bits per heavy atom. The Morgan fingerprint density at radius 2 is 1.74 bits per heavy atom. The second-order valence-corrected chi connectivity index (χ2v) is 11.1. The van der Waals surface area contributed by atoms with E-state index in [0.717, 1.165) is 5.56 Å². The van der Waals surface area contributed by atoms with E-state index in [9.17, 15) is 10.1 Å². The molecule has 23 heavy (non-hydrogen) atoms. The van der Waals surface area contributed by atoms with Crippen molar-refractivity contribution in [1.29, 1.82) is 0 Å². The number of methoxy groups -OCH3 is 1. The van der Waals surface area contributed by atoms with Gasteiger partial charge in [0.25, 0.3) is 0 Å². The molecule has 0 aliphatic carbocycles. The highest BCUT2D eigenvalue weighted by Crippen LogP contribution is 2.19. The van der Waals surface area contributed by atoms with Crippen molar-refractivity contribution in [3.05, 3.63) is 57.8 Å². The summed E-state index contributed by atoms with van der Waals surface area (Å²) in [7, 11) is 0.113. The smallest absolute Gasteiger partial charge is 0.303 e. The van der Waals surface area contributed by atoms with Gasteiger partial charge < -0.3 is 4.74 Å². The molecule has 1 aromatic heterocycles. The van der Waals surface area contributed by atoms with Crippen LogP contribution in [0.5, 0.6) is 5.88 Å². The molecule has 0 fully saturated rings. The quantitative estimate of drug-likeness (QED) is 0.376. The Morgan fingerprint density at radius 1 is 1.09 bits per heavy atom. The molecule has 1 heterocycles. The summed E-state index contributed by atoms with van der Waals surface area (Å²) in [5, 5.41) is 12.4. The number of pyridine rings is 1. The summed E-state index contributed by atoms with van der Waals surface area (Å²) >= 11 is 0. The van der Waals surface area contributed by atoms with E-state index in [-0.39, 0.29) is 11.4 Å². The first kappa shape index (κ1) is 16.7. The standard InChI is InChI=1S/C17H18N2O3Si/c1-22-17-12-11-16(19(20)21)15(18-17)10-7-13-5-8-14(9-6-13)23(2,3)4/h5-6,8-9,11-12H,1-4H3. The first-order valence-electron chi connectivity index (χ1n) is 7.13. The zero-order valence-electron chi connectivity index (χ0n) is 13.6. The Balaban J connectivity index is 2.36. The maximum absolute atomic E-state index is 11.0. The summed E-state index contributed by atoms with van der Waals surface area (Å²) in [5.74, 6) is 6.00. The number of rotatable bonds is 3. The second kappa shape index (κ2) is 6.63. The zero-order valence-corrected chi connectivity index (χ0v) is 14.6. The molecule has 2 aromatic rings. The van der Waals surface area contributed by atoms with E-state index in [0.29, 0.717) is 5.88 Å². The van der Waals surface area contributed by atoms with Gasteiger partial charge >= 0.3 is 5.69 Å². The third kappa shape index (κ3) is 4.17. The minimum Gasteiger partial charge on any atom is -0.481 e. The molecule has 118 valence electrons. The van der Waals surface area contributed by atoms with Crippen molar-refractivity contribution < 1.29 is 9.66 Å². The highest BCUT2D eigenvalue weighted by molar-refractivity contribution is 6.88. The van der Waals surface area contributed by atoms with Crippen LogP contribution in [0.25, 0.3) is 0 Å². The van der Waals surface area contributed by atoms with Gasteiger partial charge in [0.1, 0.15) is 0 Å². The number of nitro groups is 1. The molecule has 0 atom stereocenters. The van der Waals surface area contributed by atoms with Gasteiger partial charge in [0.15, 0.2) is 5.69 Å². The molecule has 0 unspecified atom stereocenters. The van der Waals surface area contributed by atoms with Gasteiger partial charge in [-0.15, -0.1) is 0 Å². The van der Waals surface area contributed by atoms with Gasteiger partial charge in [-0.05, 0) is 18.1 Å². The minimum atomic E-state index is -1.35. The van der Waals surface area contributed by atoms with Gasteiger partial charge in [-0.3, -0.25) is 10.1 Å². The Kier molecular flexibility index (Phi) is 4.82. The molecule has 5 nitrogen and oxygen atoms in total. The summed E-state index contributed by atoms with van der Waals surface area (Å²) in [6.45, 7) is 6.83. The monoisotopic (exact) mass is 326 g/mol. The molecular formula is C17H18N2O3Si. The zero-order chi connectivity index (χ0) is 17.0. The van der Waals surface area contributed by atoms with Crippen molar-refractivity contribution in [1.82, 2.24) is 4.98 Å². The maximum Gasteiger partial charge on any atom is 0.303 e. The SMILES string of the molecule is COc1ccc([N+](=O)[O-])c(C#Cc2ccc([Si](C)(C)C)cc2)n1. The van der Waals surface area contributed by atoms with Crippen LogP contribution in [0.2, 0.25) is 19.6 Å². The number of ether oxygens (including phenoxy) is 1. The van der Waals surface area contributed by atoms with E-state index in [4.69, 9.17) is 4.74 Å². The van der Waals surface area contributed by atoms with Crippen LogP contribution in [0.4, 0.5) is 5.69 Å². The molecule has 1 aromatic carbocycles. The Bertz CT molecular complexity index is 784. The van der Waals surface area contributed by atoms with Crippen LogP contribution in [-0.2, 0) is 0 Å². The van der Waals surface area contributed by atoms with Crippen LogP contribution in [0.3, 0.4) is 0 Å². The lowest BCUT2D eigenvalue weighted by Gasteiger charge is -2.15. The van der Waals surface area contributed by atoms with Gasteiger partial charge in [0, 0.05) is 17.7 Å². The van der Waals surface area contributed by atoms with Crippen molar-refractivity contribution in [3.63, 3.8) is 0 Å². The highest BCUT2D eigenvalue weighted by atomic mass is 28.3. The van der Waals surface area contributed by atoms with Gasteiger partial charge in [0.2, 0.25) is 5.88 Å². The maximum atomic E-state index is 11.0. The van der Waals surface area contributed by atoms with Gasteiger partial charge in [-0.2, -0.15) is 4.98 Å². The number of hydrogen-bond donors (Lipinski definition) is 0. The van der Waals surface area contributed by atoms with Crippen molar-refractivity contribution in [2.24, 2.45) is 0 Å². The Hall–Kier alpha value is -2.65. The summed E-state index contributed by atoms with van der Waals surface area (Å²) in [4.78, 5) is 14.6. The molecule has 0 spiro atoms. The molecule has 2 rings (SSSR count). The minimum absolute atomic E-state index is 0.101. The van der Waals surface area contributed by atoms with Crippen molar-refractivity contribution in [3.8, 4) is 17.7 Å². The molecule has 0 saturated carbocycles. The fourth-order valence-electron chi connectivity index (χ4n) is 1.97. The molecular weight excluding hydrogens is 308 g/mol. The van der Waals surface area contributed by atoms with E-state index in [2.05, 4.69) is 48.6 Å². The van der Waals surface area contributed by atoms with Gasteiger partial charge in [-0.25, -0.2) is 0 Å². The summed E-state index contributed by atoms with van der Waals surface area (Å²) in [6, 6.07) is 10.8. The molecule has 0 aliphatic rings. The van der Waals surface area contributed by atoms with Crippen LogP contribution < -0.4 is 9.92 Å². The molecule has 0 bridgehead atoms. The van der Waals surface area contributed by atoms with Gasteiger partial charge in [0.05, 0.1) is 20.1 Å².